The first-order valence-electron chi connectivity index (χ1n) is 11.9. The zero-order valence-electron chi connectivity index (χ0n) is 20.3. The summed E-state index contributed by atoms with van der Waals surface area (Å²) in [5, 5.41) is 9.18. The SMILES string of the molecule is CC[C@H](C(=O)NCCCN(CC)c1cccc(C)c1)n1nc(C)c2sc3ccccc3c2c1=O. The predicted molar refractivity (Wildman–Crippen MR) is 142 cm³/mol. The third-order valence-corrected chi connectivity index (χ3v) is 7.52. The van der Waals surface area contributed by atoms with Gasteiger partial charge in [0.05, 0.1) is 15.8 Å². The lowest BCUT2D eigenvalue weighted by Gasteiger charge is -2.24. The number of rotatable bonds is 9. The summed E-state index contributed by atoms with van der Waals surface area (Å²) in [4.78, 5) is 28.8. The highest BCUT2D eigenvalue weighted by molar-refractivity contribution is 7.26. The summed E-state index contributed by atoms with van der Waals surface area (Å²) >= 11 is 1.58. The summed E-state index contributed by atoms with van der Waals surface area (Å²) in [6.45, 7) is 10.4. The average Bonchev–Trinajstić information content (AvgIpc) is 3.23. The van der Waals surface area contributed by atoms with Crippen molar-refractivity contribution in [2.24, 2.45) is 0 Å². The van der Waals surface area contributed by atoms with Gasteiger partial charge in [0.25, 0.3) is 5.56 Å². The lowest BCUT2D eigenvalue weighted by molar-refractivity contribution is -0.124. The molecule has 0 radical (unpaired) electrons. The zero-order chi connectivity index (χ0) is 24.2. The number of hydrogen-bond acceptors (Lipinski definition) is 5. The fourth-order valence-corrected chi connectivity index (χ4v) is 5.59. The Morgan fingerprint density at radius 1 is 1.15 bits per heavy atom. The monoisotopic (exact) mass is 476 g/mol. The molecule has 0 spiro atoms. The van der Waals surface area contributed by atoms with Crippen LogP contribution in [0.5, 0.6) is 0 Å². The zero-order valence-corrected chi connectivity index (χ0v) is 21.1. The van der Waals surface area contributed by atoms with E-state index in [1.807, 2.05) is 38.1 Å². The fourth-order valence-electron chi connectivity index (χ4n) is 4.45. The summed E-state index contributed by atoms with van der Waals surface area (Å²) in [5.74, 6) is -0.158. The molecule has 2 heterocycles. The van der Waals surface area contributed by atoms with Crippen LogP contribution in [0.2, 0.25) is 0 Å². The Bertz CT molecular complexity index is 1370. The van der Waals surface area contributed by atoms with E-state index in [9.17, 15) is 9.59 Å². The second-order valence-electron chi connectivity index (χ2n) is 8.62. The lowest BCUT2D eigenvalue weighted by atomic mass is 10.1. The van der Waals surface area contributed by atoms with E-state index in [-0.39, 0.29) is 11.5 Å². The third-order valence-electron chi connectivity index (χ3n) is 6.24. The van der Waals surface area contributed by atoms with Gasteiger partial charge in [0.2, 0.25) is 5.91 Å². The fraction of sp³-hybridized carbons (Fsp3) is 0.370. The van der Waals surface area contributed by atoms with Crippen LogP contribution in [0.1, 0.15) is 44.0 Å². The first-order chi connectivity index (χ1) is 16.4. The average molecular weight is 477 g/mol. The molecule has 1 atom stereocenters. The summed E-state index contributed by atoms with van der Waals surface area (Å²) in [5.41, 5.74) is 3.01. The number of benzene rings is 2. The van der Waals surface area contributed by atoms with Crippen LogP contribution in [0.15, 0.2) is 53.3 Å². The topological polar surface area (TPSA) is 67.2 Å². The summed E-state index contributed by atoms with van der Waals surface area (Å²) < 4.78 is 3.34. The van der Waals surface area contributed by atoms with E-state index in [4.69, 9.17) is 0 Å². The van der Waals surface area contributed by atoms with Gasteiger partial charge in [0.15, 0.2) is 0 Å². The first-order valence-corrected chi connectivity index (χ1v) is 12.8. The number of aromatic nitrogens is 2. The van der Waals surface area contributed by atoms with Crippen molar-refractivity contribution in [1.29, 1.82) is 0 Å². The number of thiophene rings is 1. The Morgan fingerprint density at radius 2 is 1.94 bits per heavy atom. The van der Waals surface area contributed by atoms with Crippen molar-refractivity contribution in [3.8, 4) is 0 Å². The van der Waals surface area contributed by atoms with Gasteiger partial charge >= 0.3 is 0 Å². The number of aryl methyl sites for hydroxylation is 2. The molecule has 0 aliphatic carbocycles. The number of nitrogens with one attached hydrogen (secondary N) is 1. The van der Waals surface area contributed by atoms with Crippen molar-refractivity contribution in [3.63, 3.8) is 0 Å². The van der Waals surface area contributed by atoms with Crippen LogP contribution in [0.4, 0.5) is 5.69 Å². The number of amides is 1. The molecule has 0 unspecified atom stereocenters. The first kappa shape index (κ1) is 24.0. The molecule has 6 nitrogen and oxygen atoms in total. The Hall–Kier alpha value is -3.19. The molecular formula is C27H32N4O2S. The Labute approximate surface area is 204 Å². The van der Waals surface area contributed by atoms with Crippen LogP contribution in [-0.4, -0.2) is 35.3 Å². The maximum absolute atomic E-state index is 13.4. The van der Waals surface area contributed by atoms with Crippen LogP contribution in [0.25, 0.3) is 20.2 Å². The molecule has 4 aromatic rings. The van der Waals surface area contributed by atoms with E-state index >= 15 is 0 Å². The van der Waals surface area contributed by atoms with E-state index < -0.39 is 6.04 Å². The predicted octanol–water partition coefficient (Wildman–Crippen LogP) is 5.21. The molecule has 0 fully saturated rings. The van der Waals surface area contributed by atoms with Gasteiger partial charge in [-0.15, -0.1) is 11.3 Å². The Morgan fingerprint density at radius 3 is 2.68 bits per heavy atom. The largest absolute Gasteiger partial charge is 0.372 e. The van der Waals surface area contributed by atoms with Gasteiger partial charge in [-0.1, -0.05) is 37.3 Å². The number of nitrogens with zero attached hydrogens (tertiary/aromatic N) is 3. The van der Waals surface area contributed by atoms with Crippen LogP contribution in [-0.2, 0) is 4.79 Å². The minimum atomic E-state index is -0.631. The molecule has 2 aromatic heterocycles. The molecule has 0 saturated heterocycles. The third kappa shape index (κ3) is 4.71. The van der Waals surface area contributed by atoms with Crippen molar-refractivity contribution < 1.29 is 4.79 Å². The van der Waals surface area contributed by atoms with Gasteiger partial charge < -0.3 is 10.2 Å². The normalized spacial score (nSPS) is 12.2. The van der Waals surface area contributed by atoms with E-state index in [0.717, 1.165) is 40.0 Å². The molecular weight excluding hydrogens is 444 g/mol. The molecule has 2 aromatic carbocycles. The maximum Gasteiger partial charge on any atom is 0.276 e. The van der Waals surface area contributed by atoms with Crippen molar-refractivity contribution in [3.05, 3.63) is 70.1 Å². The number of carbonyl (C=O) groups excluding carboxylic acids is 1. The Kier molecular flexibility index (Phi) is 7.32. The number of anilines is 1. The quantitative estimate of drug-likeness (QED) is 0.337. The second-order valence-corrected chi connectivity index (χ2v) is 9.68. The number of carbonyl (C=O) groups is 1. The molecule has 0 bridgehead atoms. The minimum Gasteiger partial charge on any atom is -0.372 e. The van der Waals surface area contributed by atoms with Crippen molar-refractivity contribution in [2.75, 3.05) is 24.5 Å². The number of hydrogen-bond donors (Lipinski definition) is 1. The highest BCUT2D eigenvalue weighted by Gasteiger charge is 2.24. The minimum absolute atomic E-state index is 0.158. The van der Waals surface area contributed by atoms with E-state index in [1.165, 1.54) is 15.9 Å². The van der Waals surface area contributed by atoms with Crippen molar-refractivity contribution in [1.82, 2.24) is 15.1 Å². The standard InChI is InChI=1S/C27H32N4O2S/c1-5-22(26(32)28-15-10-16-30(6-2)20-12-9-11-18(3)17-20)31-27(33)24-21-13-7-8-14-23(21)34-25(24)19(4)29-31/h7-9,11-14,17,22H,5-6,10,15-16H2,1-4H3,(H,28,32)/t22-/m1/s1. The molecule has 1 N–H and O–H groups in total. The smallest absolute Gasteiger partial charge is 0.276 e. The summed E-state index contributed by atoms with van der Waals surface area (Å²) in [7, 11) is 0. The van der Waals surface area contributed by atoms with E-state index in [0.29, 0.717) is 18.4 Å². The molecule has 0 aliphatic heterocycles. The highest BCUT2D eigenvalue weighted by Crippen LogP contribution is 2.33. The Balaban J connectivity index is 1.48. The summed E-state index contributed by atoms with van der Waals surface area (Å²) in [6.07, 6.45) is 1.32. The lowest BCUT2D eigenvalue weighted by Crippen LogP contribution is -2.39. The summed E-state index contributed by atoms with van der Waals surface area (Å²) in [6, 6.07) is 15.7. The van der Waals surface area contributed by atoms with Crippen LogP contribution >= 0.6 is 11.3 Å². The molecule has 0 aliphatic rings. The van der Waals surface area contributed by atoms with Crippen LogP contribution in [0.3, 0.4) is 0 Å². The van der Waals surface area contributed by atoms with Gasteiger partial charge in [-0.25, -0.2) is 4.68 Å². The maximum atomic E-state index is 13.4. The molecule has 178 valence electrons. The van der Waals surface area contributed by atoms with Crippen LogP contribution < -0.4 is 15.8 Å². The highest BCUT2D eigenvalue weighted by atomic mass is 32.1. The van der Waals surface area contributed by atoms with Gasteiger partial charge in [-0.3, -0.25) is 9.59 Å². The van der Waals surface area contributed by atoms with E-state index in [1.54, 1.807) is 11.3 Å². The van der Waals surface area contributed by atoms with Crippen molar-refractivity contribution in [2.45, 2.75) is 46.6 Å². The van der Waals surface area contributed by atoms with Gasteiger partial charge in [0, 0.05) is 35.4 Å². The van der Waals surface area contributed by atoms with Gasteiger partial charge in [-0.2, -0.15) is 5.10 Å². The molecule has 7 heteroatoms. The van der Waals surface area contributed by atoms with Gasteiger partial charge in [-0.05, 0) is 57.4 Å². The van der Waals surface area contributed by atoms with Gasteiger partial charge in [0.1, 0.15) is 6.04 Å². The van der Waals surface area contributed by atoms with Crippen LogP contribution in [0, 0.1) is 13.8 Å². The molecule has 34 heavy (non-hydrogen) atoms. The molecule has 4 rings (SSSR count). The van der Waals surface area contributed by atoms with Crippen molar-refractivity contribution >= 4 is 43.1 Å². The molecule has 0 saturated carbocycles. The second kappa shape index (κ2) is 10.4. The van der Waals surface area contributed by atoms with E-state index in [2.05, 4.69) is 53.4 Å². The molecule has 1 amide bonds. The number of fused-ring (bicyclic) bond motifs is 3.